The van der Waals surface area contributed by atoms with Gasteiger partial charge in [0.1, 0.15) is 11.6 Å². The van der Waals surface area contributed by atoms with Gasteiger partial charge < -0.3 is 10.1 Å². The molecule has 1 aromatic heterocycles. The van der Waals surface area contributed by atoms with Crippen LogP contribution in [0.25, 0.3) is 0 Å². The van der Waals surface area contributed by atoms with Crippen molar-refractivity contribution in [3.05, 3.63) is 47.1 Å². The molecule has 2 rings (SSSR count). The van der Waals surface area contributed by atoms with Gasteiger partial charge in [-0.2, -0.15) is 4.98 Å². The van der Waals surface area contributed by atoms with Crippen LogP contribution in [-0.4, -0.2) is 16.5 Å². The highest BCUT2D eigenvalue weighted by Crippen LogP contribution is 2.22. The number of nitrogens with zero attached hydrogens (tertiary/aromatic N) is 2. The van der Waals surface area contributed by atoms with Gasteiger partial charge in [0.25, 0.3) is 0 Å². The number of anilines is 1. The monoisotopic (exact) mass is 277 g/mol. The first-order valence-electron chi connectivity index (χ1n) is 6.22. The summed E-state index contributed by atoms with van der Waals surface area (Å²) in [6, 6.07) is 9.88. The number of aromatic nitrogens is 2. The Bertz CT molecular complexity index is 519. The van der Waals surface area contributed by atoms with Gasteiger partial charge in [-0.1, -0.05) is 48.9 Å². The molecule has 0 amide bonds. The van der Waals surface area contributed by atoms with Crippen LogP contribution in [0.2, 0.25) is 5.02 Å². The number of halogens is 1. The fourth-order valence-electron chi connectivity index (χ4n) is 1.50. The maximum absolute atomic E-state index is 6.02. The zero-order chi connectivity index (χ0) is 13.5. The molecule has 2 aromatic rings. The number of benzene rings is 1. The van der Waals surface area contributed by atoms with E-state index in [9.17, 15) is 0 Å². The molecule has 0 aliphatic heterocycles. The molecule has 100 valence electrons. The lowest BCUT2D eigenvalue weighted by atomic mass is 10.2. The summed E-state index contributed by atoms with van der Waals surface area (Å²) in [5.41, 5.74) is 1.07. The first-order valence-corrected chi connectivity index (χ1v) is 6.60. The zero-order valence-electron chi connectivity index (χ0n) is 10.8. The van der Waals surface area contributed by atoms with E-state index in [1.54, 1.807) is 6.20 Å². The van der Waals surface area contributed by atoms with E-state index in [0.29, 0.717) is 23.5 Å². The first kappa shape index (κ1) is 13.6. The van der Waals surface area contributed by atoms with Gasteiger partial charge in [0.15, 0.2) is 0 Å². The molecule has 0 saturated carbocycles. The summed E-state index contributed by atoms with van der Waals surface area (Å²) in [4.78, 5) is 8.35. The summed E-state index contributed by atoms with van der Waals surface area (Å²) in [5.74, 6) is 0.938. The van der Waals surface area contributed by atoms with Gasteiger partial charge in [0.05, 0.1) is 6.20 Å². The van der Waals surface area contributed by atoms with Crippen LogP contribution >= 0.6 is 11.6 Å². The SMILES string of the molecule is CCCNc1ncc(Cl)c(OCc2ccccc2)n1. The van der Waals surface area contributed by atoms with Crippen LogP contribution < -0.4 is 10.1 Å². The average molecular weight is 278 g/mol. The quantitative estimate of drug-likeness (QED) is 0.877. The van der Waals surface area contributed by atoms with Crippen LogP contribution in [0, 0.1) is 0 Å². The van der Waals surface area contributed by atoms with E-state index in [4.69, 9.17) is 16.3 Å². The predicted molar refractivity (Wildman–Crippen MR) is 76.6 cm³/mol. The second-order valence-electron chi connectivity index (χ2n) is 4.05. The smallest absolute Gasteiger partial charge is 0.237 e. The Labute approximate surface area is 117 Å². The van der Waals surface area contributed by atoms with E-state index >= 15 is 0 Å². The maximum Gasteiger partial charge on any atom is 0.237 e. The number of nitrogens with one attached hydrogen (secondary N) is 1. The van der Waals surface area contributed by atoms with E-state index in [2.05, 4.69) is 22.2 Å². The molecule has 19 heavy (non-hydrogen) atoms. The molecule has 0 spiro atoms. The Morgan fingerprint density at radius 1 is 1.26 bits per heavy atom. The summed E-state index contributed by atoms with van der Waals surface area (Å²) in [6.07, 6.45) is 2.55. The van der Waals surface area contributed by atoms with Crippen LogP contribution in [0.15, 0.2) is 36.5 Å². The Hall–Kier alpha value is -1.81. The minimum Gasteiger partial charge on any atom is -0.472 e. The Kier molecular flexibility index (Phi) is 4.98. The van der Waals surface area contributed by atoms with Crippen LogP contribution in [0.3, 0.4) is 0 Å². The summed E-state index contributed by atoms with van der Waals surface area (Å²) in [5, 5.41) is 3.51. The van der Waals surface area contributed by atoms with Gasteiger partial charge in [-0.05, 0) is 12.0 Å². The van der Waals surface area contributed by atoms with Crippen molar-refractivity contribution >= 4 is 17.5 Å². The standard InChI is InChI=1S/C14H16ClN3O/c1-2-8-16-14-17-9-12(15)13(18-14)19-10-11-6-4-3-5-7-11/h3-7,9H,2,8,10H2,1H3,(H,16,17,18). The molecule has 0 saturated heterocycles. The molecule has 1 heterocycles. The predicted octanol–water partition coefficient (Wildman–Crippen LogP) is 3.53. The Morgan fingerprint density at radius 2 is 2.05 bits per heavy atom. The Morgan fingerprint density at radius 3 is 2.79 bits per heavy atom. The molecule has 1 aromatic carbocycles. The molecule has 0 aliphatic carbocycles. The van der Waals surface area contributed by atoms with Crippen molar-refractivity contribution in [3.8, 4) is 5.88 Å². The lowest BCUT2D eigenvalue weighted by Gasteiger charge is -2.09. The Balaban J connectivity index is 2.02. The van der Waals surface area contributed by atoms with E-state index in [0.717, 1.165) is 18.5 Å². The van der Waals surface area contributed by atoms with Gasteiger partial charge in [0, 0.05) is 6.54 Å². The molecule has 4 nitrogen and oxygen atoms in total. The molecule has 5 heteroatoms. The fourth-order valence-corrected chi connectivity index (χ4v) is 1.65. The van der Waals surface area contributed by atoms with E-state index in [-0.39, 0.29) is 0 Å². The van der Waals surface area contributed by atoms with Crippen molar-refractivity contribution in [2.24, 2.45) is 0 Å². The second-order valence-corrected chi connectivity index (χ2v) is 4.45. The number of hydrogen-bond donors (Lipinski definition) is 1. The van der Waals surface area contributed by atoms with Crippen LogP contribution in [0.1, 0.15) is 18.9 Å². The van der Waals surface area contributed by atoms with Crippen molar-refractivity contribution in [1.82, 2.24) is 9.97 Å². The molecule has 0 aliphatic rings. The van der Waals surface area contributed by atoms with E-state index in [1.165, 1.54) is 0 Å². The van der Waals surface area contributed by atoms with Crippen molar-refractivity contribution in [2.75, 3.05) is 11.9 Å². The third-order valence-corrected chi connectivity index (χ3v) is 2.72. The van der Waals surface area contributed by atoms with Gasteiger partial charge in [0.2, 0.25) is 11.8 Å². The normalized spacial score (nSPS) is 10.2. The van der Waals surface area contributed by atoms with Crippen molar-refractivity contribution in [3.63, 3.8) is 0 Å². The highest BCUT2D eigenvalue weighted by Gasteiger charge is 2.06. The molecule has 0 bridgehead atoms. The van der Waals surface area contributed by atoms with E-state index in [1.807, 2.05) is 30.3 Å². The number of hydrogen-bond acceptors (Lipinski definition) is 4. The lowest BCUT2D eigenvalue weighted by molar-refractivity contribution is 0.294. The summed E-state index contributed by atoms with van der Waals surface area (Å²) in [6.45, 7) is 3.33. The number of rotatable bonds is 6. The minimum atomic E-state index is 0.402. The summed E-state index contributed by atoms with van der Waals surface area (Å²) < 4.78 is 5.62. The van der Waals surface area contributed by atoms with E-state index < -0.39 is 0 Å². The minimum absolute atomic E-state index is 0.402. The largest absolute Gasteiger partial charge is 0.472 e. The molecular weight excluding hydrogens is 262 g/mol. The average Bonchev–Trinajstić information content (AvgIpc) is 2.46. The molecular formula is C14H16ClN3O. The first-order chi connectivity index (χ1) is 9.29. The van der Waals surface area contributed by atoms with Gasteiger partial charge in [-0.3, -0.25) is 0 Å². The maximum atomic E-state index is 6.02. The highest BCUT2D eigenvalue weighted by molar-refractivity contribution is 6.31. The highest BCUT2D eigenvalue weighted by atomic mass is 35.5. The zero-order valence-corrected chi connectivity index (χ0v) is 11.5. The van der Waals surface area contributed by atoms with Crippen molar-refractivity contribution in [1.29, 1.82) is 0 Å². The lowest BCUT2D eigenvalue weighted by Crippen LogP contribution is -2.06. The molecule has 0 fully saturated rings. The summed E-state index contributed by atoms with van der Waals surface area (Å²) >= 11 is 6.02. The van der Waals surface area contributed by atoms with Gasteiger partial charge >= 0.3 is 0 Å². The fraction of sp³-hybridized carbons (Fsp3) is 0.286. The van der Waals surface area contributed by atoms with Crippen LogP contribution in [0.5, 0.6) is 5.88 Å². The third-order valence-electron chi connectivity index (χ3n) is 2.46. The third kappa shape index (κ3) is 4.10. The summed E-state index contributed by atoms with van der Waals surface area (Å²) in [7, 11) is 0. The van der Waals surface area contributed by atoms with Gasteiger partial charge in [-0.15, -0.1) is 0 Å². The topological polar surface area (TPSA) is 47.0 Å². The molecule has 1 N–H and O–H groups in total. The molecule has 0 radical (unpaired) electrons. The molecule has 0 atom stereocenters. The van der Waals surface area contributed by atoms with Crippen LogP contribution in [-0.2, 0) is 6.61 Å². The number of ether oxygens (including phenoxy) is 1. The van der Waals surface area contributed by atoms with Crippen molar-refractivity contribution in [2.45, 2.75) is 20.0 Å². The molecule has 0 unspecified atom stereocenters. The van der Waals surface area contributed by atoms with Crippen molar-refractivity contribution < 1.29 is 4.74 Å². The van der Waals surface area contributed by atoms with Gasteiger partial charge in [-0.25, -0.2) is 4.98 Å². The second kappa shape index (κ2) is 6.95. The van der Waals surface area contributed by atoms with Crippen LogP contribution in [0.4, 0.5) is 5.95 Å².